The van der Waals surface area contributed by atoms with Gasteiger partial charge in [-0.15, -0.1) is 40.5 Å². The molecule has 6 aromatic rings. The molecule has 0 aliphatic carbocycles. The van der Waals surface area contributed by atoms with Crippen LogP contribution in [0.5, 0.6) is 0 Å². The van der Waals surface area contributed by atoms with Gasteiger partial charge in [0.15, 0.2) is 5.78 Å². The van der Waals surface area contributed by atoms with Crippen LogP contribution < -0.4 is 0 Å². The third-order valence-electron chi connectivity index (χ3n) is 10.5. The molecule has 0 spiro atoms. The average molecular weight is 866 g/mol. The Labute approximate surface area is 314 Å². The van der Waals surface area contributed by atoms with Crippen LogP contribution in [0.3, 0.4) is 0 Å². The first-order valence-corrected chi connectivity index (χ1v) is 18.2. The number of benzene rings is 3. The van der Waals surface area contributed by atoms with Gasteiger partial charge in [-0.2, -0.15) is 0 Å². The van der Waals surface area contributed by atoms with E-state index in [1.54, 1.807) is 23.9 Å². The number of hydrogen-bond donors (Lipinski definition) is 1. The van der Waals surface area contributed by atoms with E-state index in [1.807, 2.05) is 47.6 Å². The van der Waals surface area contributed by atoms with Crippen molar-refractivity contribution in [2.24, 2.45) is 10.8 Å². The van der Waals surface area contributed by atoms with Crippen molar-refractivity contribution in [1.82, 2.24) is 9.97 Å². The number of allylic oxidation sites excluding steroid dienone is 2. The summed E-state index contributed by atoms with van der Waals surface area (Å²) in [5, 5.41) is 14.6. The van der Waals surface area contributed by atoms with E-state index < -0.39 is 0 Å². The number of carbonyl (C=O) groups is 1. The number of furan rings is 1. The molecular formula is C43H49IrN2O3S-. The van der Waals surface area contributed by atoms with Crippen molar-refractivity contribution in [3.05, 3.63) is 96.7 Å². The van der Waals surface area contributed by atoms with Crippen LogP contribution >= 0.6 is 11.3 Å². The number of aliphatic hydroxyl groups is 1. The quantitative estimate of drug-likeness (QED) is 0.0890. The number of aromatic nitrogens is 2. The van der Waals surface area contributed by atoms with Crippen molar-refractivity contribution in [1.29, 1.82) is 0 Å². The maximum Gasteiger partial charge on any atom is 0.164 e. The van der Waals surface area contributed by atoms with Gasteiger partial charge in [-0.3, -0.25) is 9.78 Å². The van der Waals surface area contributed by atoms with E-state index >= 15 is 0 Å². The summed E-state index contributed by atoms with van der Waals surface area (Å²) < 4.78 is 5.60. The minimum atomic E-state index is -0.337. The van der Waals surface area contributed by atoms with E-state index in [0.29, 0.717) is 0 Å². The predicted octanol–water partition coefficient (Wildman–Crippen LogP) is 12.7. The molecule has 5 nitrogen and oxygen atoms in total. The fourth-order valence-corrected chi connectivity index (χ4v) is 6.98. The van der Waals surface area contributed by atoms with Crippen LogP contribution in [0.1, 0.15) is 93.6 Å². The first kappa shape index (κ1) is 39.2. The van der Waals surface area contributed by atoms with Crippen LogP contribution in [0.4, 0.5) is 0 Å². The number of rotatable bonds is 9. The van der Waals surface area contributed by atoms with Gasteiger partial charge in [-0.25, -0.2) is 4.98 Å². The summed E-state index contributed by atoms with van der Waals surface area (Å²) in [7, 11) is 0. The minimum Gasteiger partial charge on any atom is -0.512 e. The summed E-state index contributed by atoms with van der Waals surface area (Å²) in [5.41, 5.74) is 4.65. The number of hydrogen-bond acceptors (Lipinski definition) is 6. The molecule has 0 bridgehead atoms. The summed E-state index contributed by atoms with van der Waals surface area (Å²) in [5.74, 6) is 0.286. The number of nitrogens with zero attached hydrogens (tertiary/aromatic N) is 2. The van der Waals surface area contributed by atoms with Gasteiger partial charge in [-0.1, -0.05) is 104 Å². The first-order valence-electron chi connectivity index (χ1n) is 17.4. The number of thiophene rings is 1. The smallest absolute Gasteiger partial charge is 0.164 e. The Morgan fingerprint density at radius 3 is 2.20 bits per heavy atom. The van der Waals surface area contributed by atoms with E-state index in [4.69, 9.17) is 9.40 Å². The van der Waals surface area contributed by atoms with Crippen LogP contribution in [0.15, 0.2) is 89.5 Å². The van der Waals surface area contributed by atoms with Gasteiger partial charge in [0.25, 0.3) is 0 Å². The second kappa shape index (κ2) is 15.7. The van der Waals surface area contributed by atoms with Crippen molar-refractivity contribution in [2.75, 3.05) is 0 Å². The van der Waals surface area contributed by atoms with E-state index in [2.05, 4.69) is 86.4 Å². The summed E-state index contributed by atoms with van der Waals surface area (Å²) in [6, 6.07) is 24.8. The van der Waals surface area contributed by atoms with Gasteiger partial charge < -0.3 is 9.52 Å². The summed E-state index contributed by atoms with van der Waals surface area (Å²) in [6.45, 7) is 18.8. The van der Waals surface area contributed by atoms with Crippen molar-refractivity contribution in [3.8, 4) is 21.7 Å². The van der Waals surface area contributed by atoms with Crippen molar-refractivity contribution >= 4 is 49.1 Å². The molecule has 0 fully saturated rings. The third kappa shape index (κ3) is 7.96. The van der Waals surface area contributed by atoms with E-state index in [1.165, 1.54) is 17.0 Å². The number of aliphatic hydroxyl groups excluding tert-OH is 1. The average Bonchev–Trinajstić information content (AvgIpc) is 3.77. The van der Waals surface area contributed by atoms with Gasteiger partial charge in [-0.05, 0) is 54.9 Å². The molecule has 1 radical (unpaired) electrons. The van der Waals surface area contributed by atoms with Crippen LogP contribution in [0.25, 0.3) is 53.7 Å². The van der Waals surface area contributed by atoms with Crippen LogP contribution in [-0.4, -0.2) is 20.9 Å². The normalized spacial score (nSPS) is 12.5. The van der Waals surface area contributed by atoms with Crippen molar-refractivity contribution in [3.63, 3.8) is 0 Å². The topological polar surface area (TPSA) is 76.2 Å². The zero-order chi connectivity index (χ0) is 35.6. The maximum absolute atomic E-state index is 12.2. The van der Waals surface area contributed by atoms with Gasteiger partial charge in [0.1, 0.15) is 22.5 Å². The molecule has 265 valence electrons. The molecule has 3 aromatic heterocycles. The number of ketones is 1. The molecule has 3 aromatic carbocycles. The molecule has 3 heterocycles. The molecule has 0 amide bonds. The Morgan fingerprint density at radius 1 is 0.860 bits per heavy atom. The fraction of sp³-hybridized carbons (Fsp3) is 0.372. The maximum atomic E-state index is 12.2. The van der Waals surface area contributed by atoms with Gasteiger partial charge in [0.2, 0.25) is 0 Å². The second-order valence-electron chi connectivity index (χ2n) is 14.5. The van der Waals surface area contributed by atoms with Gasteiger partial charge in [0.05, 0.1) is 6.26 Å². The van der Waals surface area contributed by atoms with E-state index in [0.717, 1.165) is 74.0 Å². The first-order chi connectivity index (χ1) is 23.3. The van der Waals surface area contributed by atoms with Crippen LogP contribution in [0, 0.1) is 16.9 Å². The Balaban J connectivity index is 0.000000269. The predicted molar refractivity (Wildman–Crippen MR) is 206 cm³/mol. The van der Waals surface area contributed by atoms with Gasteiger partial charge in [0, 0.05) is 58.4 Å². The van der Waals surface area contributed by atoms with Crippen LogP contribution in [0.2, 0.25) is 0 Å². The molecule has 0 unspecified atom stereocenters. The molecule has 0 aliphatic rings. The molecule has 6 rings (SSSR count). The molecule has 50 heavy (non-hydrogen) atoms. The molecule has 0 atom stereocenters. The summed E-state index contributed by atoms with van der Waals surface area (Å²) in [6.07, 6.45) is 8.14. The Kier molecular flexibility index (Phi) is 12.3. The van der Waals surface area contributed by atoms with Crippen molar-refractivity contribution < 1.29 is 34.4 Å². The zero-order valence-electron chi connectivity index (χ0n) is 30.7. The molecule has 1 N–H and O–H groups in total. The molecular weight excluding hydrogens is 817 g/mol. The SMILES string of the molecule is CC(C)(C)c1cc(-c2ncnc3sc(-c4ccc5ccoc5c4)cc23)[c-]c2ccccc12.CCC(C)(CC)C(=O)/C=C(\O)C(C)(CC)CC.[Ir]. The van der Waals surface area contributed by atoms with E-state index in [-0.39, 0.29) is 47.9 Å². The zero-order valence-corrected chi connectivity index (χ0v) is 33.9. The fourth-order valence-electron chi connectivity index (χ4n) is 5.98. The molecule has 7 heteroatoms. The van der Waals surface area contributed by atoms with Crippen LogP contribution in [-0.2, 0) is 30.3 Å². The summed E-state index contributed by atoms with van der Waals surface area (Å²) in [4.78, 5) is 23.6. The largest absolute Gasteiger partial charge is 0.512 e. The second-order valence-corrected chi connectivity index (χ2v) is 15.6. The van der Waals surface area contributed by atoms with Crippen molar-refractivity contribution in [2.45, 2.75) is 93.4 Å². The Bertz CT molecular complexity index is 2130. The Morgan fingerprint density at radius 2 is 1.54 bits per heavy atom. The molecule has 0 saturated carbocycles. The van der Waals surface area contributed by atoms with E-state index in [9.17, 15) is 9.90 Å². The Hall–Kier alpha value is -3.64. The van der Waals surface area contributed by atoms with Gasteiger partial charge >= 0.3 is 0 Å². The third-order valence-corrected chi connectivity index (χ3v) is 11.6. The summed E-state index contributed by atoms with van der Waals surface area (Å²) >= 11 is 1.68. The minimum absolute atomic E-state index is 0. The number of fused-ring (bicyclic) bond motifs is 3. The monoisotopic (exact) mass is 866 g/mol. The molecule has 0 aliphatic heterocycles. The number of carbonyl (C=O) groups excluding carboxylic acids is 1. The standard InChI is InChI=1S/C28H21N2OS.C15H28O2.Ir/c1-28(2,3)23-13-20(12-18-6-4-5-7-21(18)23)26-22-15-25(32-27(22)30-16-29-26)19-9-8-17-10-11-31-24(17)14-19;1-7-14(5,8-2)12(16)11-13(17)15(6,9-3)10-4;/h4-11,13-16H,1-3H3;11,16H,7-10H2,1-6H3;/q-1;;/b;12-11-;. The molecule has 0 saturated heterocycles.